The van der Waals surface area contributed by atoms with Gasteiger partial charge >= 0.3 is 0 Å². The van der Waals surface area contributed by atoms with E-state index in [0.717, 1.165) is 22.6 Å². The van der Waals surface area contributed by atoms with Crippen molar-refractivity contribution in [1.82, 2.24) is 4.98 Å². The number of rotatable bonds is 4. The lowest BCUT2D eigenvalue weighted by atomic mass is 10.1. The summed E-state index contributed by atoms with van der Waals surface area (Å²) in [6.45, 7) is 1.97. The van der Waals surface area contributed by atoms with Crippen LogP contribution in [0.25, 0.3) is 0 Å². The monoisotopic (exact) mass is 411 g/mol. The summed E-state index contributed by atoms with van der Waals surface area (Å²) >= 11 is 7.41. The molecular formula is C21H18ClN3O2S. The van der Waals surface area contributed by atoms with Crippen molar-refractivity contribution >= 4 is 45.6 Å². The molecule has 2 aromatic carbocycles. The van der Waals surface area contributed by atoms with Crippen molar-refractivity contribution in [3.8, 4) is 0 Å². The first-order chi connectivity index (χ1) is 13.5. The molecule has 4 rings (SSSR count). The van der Waals surface area contributed by atoms with Gasteiger partial charge in [-0.3, -0.25) is 14.9 Å². The molecule has 1 aromatic heterocycles. The molecule has 1 aliphatic carbocycles. The maximum atomic E-state index is 12.7. The van der Waals surface area contributed by atoms with Crippen molar-refractivity contribution in [2.45, 2.75) is 25.7 Å². The molecule has 1 aliphatic rings. The number of carbonyl (C=O) groups is 2. The highest BCUT2D eigenvalue weighted by molar-refractivity contribution is 7.16. The second-order valence-corrected chi connectivity index (χ2v) is 8.26. The number of fused-ring (bicyclic) bond motifs is 1. The number of hydrogen-bond donors (Lipinski definition) is 2. The van der Waals surface area contributed by atoms with E-state index in [0.29, 0.717) is 27.8 Å². The van der Waals surface area contributed by atoms with Crippen molar-refractivity contribution < 1.29 is 9.59 Å². The van der Waals surface area contributed by atoms with E-state index >= 15 is 0 Å². The number of carbonyl (C=O) groups excluding carboxylic acids is 2. The SMILES string of the molecule is Cc1ccc(C(=O)Nc2nc3c(s2)CCC3C(=O)Nc2cccc(Cl)c2)cc1. The van der Waals surface area contributed by atoms with Crippen molar-refractivity contribution in [2.75, 3.05) is 10.6 Å². The minimum atomic E-state index is -0.324. The van der Waals surface area contributed by atoms with Gasteiger partial charge < -0.3 is 5.32 Å². The maximum Gasteiger partial charge on any atom is 0.257 e. The van der Waals surface area contributed by atoms with Crippen molar-refractivity contribution in [2.24, 2.45) is 0 Å². The van der Waals surface area contributed by atoms with E-state index in [4.69, 9.17) is 11.6 Å². The molecule has 0 spiro atoms. The topological polar surface area (TPSA) is 71.1 Å². The highest BCUT2D eigenvalue weighted by atomic mass is 35.5. The Balaban J connectivity index is 1.47. The molecule has 0 saturated heterocycles. The standard InChI is InChI=1S/C21H18ClN3O2S/c1-12-5-7-13(8-6-12)19(26)25-21-24-18-16(9-10-17(18)28-21)20(27)23-15-4-2-3-14(22)11-15/h2-8,11,16H,9-10H2,1H3,(H,23,27)(H,24,25,26). The van der Waals surface area contributed by atoms with Gasteiger partial charge in [0.2, 0.25) is 5.91 Å². The lowest BCUT2D eigenvalue weighted by molar-refractivity contribution is -0.117. The third kappa shape index (κ3) is 3.93. The Morgan fingerprint density at radius 1 is 1.14 bits per heavy atom. The van der Waals surface area contributed by atoms with Gasteiger partial charge in [0.25, 0.3) is 5.91 Å². The number of aromatic nitrogens is 1. The number of anilines is 2. The van der Waals surface area contributed by atoms with E-state index in [1.807, 2.05) is 19.1 Å². The van der Waals surface area contributed by atoms with Gasteiger partial charge in [-0.05, 0) is 50.1 Å². The van der Waals surface area contributed by atoms with Gasteiger partial charge in [-0.2, -0.15) is 0 Å². The van der Waals surface area contributed by atoms with Crippen LogP contribution in [0.15, 0.2) is 48.5 Å². The molecule has 0 aliphatic heterocycles. The summed E-state index contributed by atoms with van der Waals surface area (Å²) in [6, 6.07) is 14.4. The Morgan fingerprint density at radius 3 is 2.68 bits per heavy atom. The van der Waals surface area contributed by atoms with Gasteiger partial charge in [0.05, 0.1) is 11.6 Å². The molecule has 28 heavy (non-hydrogen) atoms. The number of nitrogens with one attached hydrogen (secondary N) is 2. The van der Waals surface area contributed by atoms with Crippen LogP contribution in [0, 0.1) is 6.92 Å². The van der Waals surface area contributed by atoms with Gasteiger partial charge in [-0.15, -0.1) is 11.3 Å². The summed E-state index contributed by atoms with van der Waals surface area (Å²) in [4.78, 5) is 30.7. The fraction of sp³-hybridized carbons (Fsp3) is 0.190. The minimum Gasteiger partial charge on any atom is -0.325 e. The molecule has 0 saturated carbocycles. The normalized spacial score (nSPS) is 15.1. The van der Waals surface area contributed by atoms with Crippen molar-refractivity contribution in [3.05, 3.63) is 75.3 Å². The van der Waals surface area contributed by atoms with E-state index in [-0.39, 0.29) is 17.7 Å². The molecule has 5 nitrogen and oxygen atoms in total. The Morgan fingerprint density at radius 2 is 1.93 bits per heavy atom. The van der Waals surface area contributed by atoms with Gasteiger partial charge in [0, 0.05) is 21.2 Å². The third-order valence-corrected chi connectivity index (χ3v) is 5.94. The molecule has 1 atom stereocenters. The molecule has 1 heterocycles. The van der Waals surface area contributed by atoms with Crippen LogP contribution in [-0.4, -0.2) is 16.8 Å². The number of benzene rings is 2. The number of thiazole rings is 1. The Labute approximate surface area is 171 Å². The molecule has 0 bridgehead atoms. The molecule has 1 unspecified atom stereocenters. The number of aryl methyl sites for hydroxylation is 2. The zero-order valence-electron chi connectivity index (χ0n) is 15.2. The van der Waals surface area contributed by atoms with Crippen molar-refractivity contribution in [1.29, 1.82) is 0 Å². The van der Waals surface area contributed by atoms with E-state index in [9.17, 15) is 9.59 Å². The number of halogens is 1. The summed E-state index contributed by atoms with van der Waals surface area (Å²) in [6.07, 6.45) is 1.49. The van der Waals surface area contributed by atoms with Crippen LogP contribution in [0.4, 0.5) is 10.8 Å². The molecule has 2 N–H and O–H groups in total. The third-order valence-electron chi connectivity index (χ3n) is 4.66. The van der Waals surface area contributed by atoms with E-state index in [2.05, 4.69) is 15.6 Å². The predicted octanol–water partition coefficient (Wildman–Crippen LogP) is 5.03. The molecule has 0 fully saturated rings. The second-order valence-electron chi connectivity index (χ2n) is 6.74. The average Bonchev–Trinajstić information content (AvgIpc) is 3.22. The number of amides is 2. The second kappa shape index (κ2) is 7.73. The zero-order valence-corrected chi connectivity index (χ0v) is 16.7. The van der Waals surface area contributed by atoms with Crippen LogP contribution in [0.5, 0.6) is 0 Å². The number of hydrogen-bond acceptors (Lipinski definition) is 4. The molecule has 0 radical (unpaired) electrons. The summed E-state index contributed by atoms with van der Waals surface area (Å²) in [5, 5.41) is 6.84. The van der Waals surface area contributed by atoms with E-state index in [1.165, 1.54) is 11.3 Å². The Kier molecular flexibility index (Phi) is 5.15. The van der Waals surface area contributed by atoms with Crippen LogP contribution >= 0.6 is 22.9 Å². The lowest BCUT2D eigenvalue weighted by Gasteiger charge is -2.11. The first kappa shape index (κ1) is 18.7. The minimum absolute atomic E-state index is 0.109. The van der Waals surface area contributed by atoms with Crippen molar-refractivity contribution in [3.63, 3.8) is 0 Å². The average molecular weight is 412 g/mol. The van der Waals surface area contributed by atoms with Crippen LogP contribution < -0.4 is 10.6 Å². The fourth-order valence-corrected chi connectivity index (χ4v) is 4.43. The summed E-state index contributed by atoms with van der Waals surface area (Å²) < 4.78 is 0. The summed E-state index contributed by atoms with van der Waals surface area (Å²) in [7, 11) is 0. The van der Waals surface area contributed by atoms with Crippen LogP contribution in [-0.2, 0) is 11.2 Å². The van der Waals surface area contributed by atoms with E-state index in [1.54, 1.807) is 36.4 Å². The largest absolute Gasteiger partial charge is 0.325 e. The summed E-state index contributed by atoms with van der Waals surface area (Å²) in [5.41, 5.74) is 3.09. The first-order valence-corrected chi connectivity index (χ1v) is 10.1. The quantitative estimate of drug-likeness (QED) is 0.632. The molecular weight excluding hydrogens is 394 g/mol. The molecule has 142 valence electrons. The first-order valence-electron chi connectivity index (χ1n) is 8.93. The Hall–Kier alpha value is -2.70. The maximum absolute atomic E-state index is 12.7. The highest BCUT2D eigenvalue weighted by Gasteiger charge is 2.33. The van der Waals surface area contributed by atoms with Crippen LogP contribution in [0.1, 0.15) is 38.8 Å². The van der Waals surface area contributed by atoms with Gasteiger partial charge in [-0.1, -0.05) is 35.4 Å². The zero-order chi connectivity index (χ0) is 19.7. The smallest absolute Gasteiger partial charge is 0.257 e. The molecule has 7 heteroatoms. The lowest BCUT2D eigenvalue weighted by Crippen LogP contribution is -2.20. The van der Waals surface area contributed by atoms with Gasteiger partial charge in [-0.25, -0.2) is 4.98 Å². The van der Waals surface area contributed by atoms with Crippen LogP contribution in [0.2, 0.25) is 5.02 Å². The Bertz CT molecular complexity index is 1050. The highest BCUT2D eigenvalue weighted by Crippen LogP contribution is 2.39. The molecule has 3 aromatic rings. The van der Waals surface area contributed by atoms with Gasteiger partial charge in [0.1, 0.15) is 0 Å². The predicted molar refractivity (Wildman–Crippen MR) is 112 cm³/mol. The van der Waals surface area contributed by atoms with Gasteiger partial charge in [0.15, 0.2) is 5.13 Å². The summed E-state index contributed by atoms with van der Waals surface area (Å²) in [5.74, 6) is -0.634. The molecule has 2 amide bonds. The fourth-order valence-electron chi connectivity index (χ4n) is 3.21. The van der Waals surface area contributed by atoms with E-state index < -0.39 is 0 Å². The number of nitrogens with zero attached hydrogens (tertiary/aromatic N) is 1. The van der Waals surface area contributed by atoms with Crippen LogP contribution in [0.3, 0.4) is 0 Å².